The molecule has 2 aromatic carbocycles. The number of carbonyl (C=O) groups excluding carboxylic acids is 1. The molecule has 0 bridgehead atoms. The molecule has 3 aromatic rings. The second-order valence-electron chi connectivity index (χ2n) is 5.92. The van der Waals surface area contributed by atoms with E-state index in [1.54, 1.807) is 31.5 Å². The number of halogens is 1. The Balaban J connectivity index is 1.58. The molecule has 6 heteroatoms. The molecule has 3 rings (SSSR count). The number of hydrogen-bond acceptors (Lipinski definition) is 4. The number of aromatic nitrogens is 1. The first-order valence-corrected chi connectivity index (χ1v) is 8.91. The quantitative estimate of drug-likeness (QED) is 0.625. The van der Waals surface area contributed by atoms with Gasteiger partial charge in [0.05, 0.1) is 7.11 Å². The molecule has 0 aliphatic carbocycles. The third-order valence-electron chi connectivity index (χ3n) is 3.98. The summed E-state index contributed by atoms with van der Waals surface area (Å²) in [5.41, 5.74) is 2.38. The Kier molecular flexibility index (Phi) is 6.28. The van der Waals surface area contributed by atoms with Crippen LogP contribution >= 0.6 is 11.6 Å². The number of hydrogen-bond donors (Lipinski definition) is 2. The van der Waals surface area contributed by atoms with Crippen molar-refractivity contribution in [3.63, 3.8) is 0 Å². The van der Waals surface area contributed by atoms with Crippen LogP contribution in [-0.4, -0.2) is 24.5 Å². The van der Waals surface area contributed by atoms with Gasteiger partial charge in [0, 0.05) is 35.1 Å². The summed E-state index contributed by atoms with van der Waals surface area (Å²) >= 11 is 5.89. The minimum atomic E-state index is -0.202. The molecule has 5 nitrogen and oxygen atoms in total. The Morgan fingerprint density at radius 2 is 1.93 bits per heavy atom. The highest BCUT2D eigenvalue weighted by Crippen LogP contribution is 2.18. The molecular weight excluding hydrogens is 362 g/mol. The van der Waals surface area contributed by atoms with Crippen LogP contribution < -0.4 is 15.4 Å². The molecule has 0 unspecified atom stereocenters. The summed E-state index contributed by atoms with van der Waals surface area (Å²) < 4.78 is 5.17. The molecule has 0 spiro atoms. The van der Waals surface area contributed by atoms with Crippen LogP contribution in [0.3, 0.4) is 0 Å². The lowest BCUT2D eigenvalue weighted by atomic mass is 10.1. The van der Waals surface area contributed by atoms with Crippen LogP contribution in [0.5, 0.6) is 5.75 Å². The first kappa shape index (κ1) is 18.7. The van der Waals surface area contributed by atoms with Gasteiger partial charge in [-0.25, -0.2) is 4.98 Å². The Labute approximate surface area is 163 Å². The van der Waals surface area contributed by atoms with E-state index >= 15 is 0 Å². The van der Waals surface area contributed by atoms with Crippen molar-refractivity contribution in [2.75, 3.05) is 24.3 Å². The van der Waals surface area contributed by atoms with Crippen molar-refractivity contribution in [1.29, 1.82) is 0 Å². The normalized spacial score (nSPS) is 10.3. The number of methoxy groups -OCH3 is 1. The van der Waals surface area contributed by atoms with E-state index in [0.717, 1.165) is 11.4 Å². The van der Waals surface area contributed by atoms with Gasteiger partial charge >= 0.3 is 0 Å². The zero-order valence-corrected chi connectivity index (χ0v) is 15.7. The number of ether oxygens (including phenoxy) is 1. The summed E-state index contributed by atoms with van der Waals surface area (Å²) in [6.45, 7) is 0.704. The van der Waals surface area contributed by atoms with Crippen LogP contribution in [0, 0.1) is 0 Å². The summed E-state index contributed by atoms with van der Waals surface area (Å²) in [7, 11) is 1.59. The van der Waals surface area contributed by atoms with Crippen molar-refractivity contribution in [2.45, 2.75) is 6.42 Å². The monoisotopic (exact) mass is 381 g/mol. The third-order valence-corrected chi connectivity index (χ3v) is 4.23. The second-order valence-corrected chi connectivity index (χ2v) is 6.36. The van der Waals surface area contributed by atoms with Gasteiger partial charge in [-0.05, 0) is 48.4 Å². The third kappa shape index (κ3) is 5.46. The average Bonchev–Trinajstić information content (AvgIpc) is 2.70. The molecular formula is C21H20ClN3O2. The first-order valence-electron chi connectivity index (χ1n) is 8.54. The number of amides is 1. The number of carbonyl (C=O) groups is 1. The van der Waals surface area contributed by atoms with Crippen molar-refractivity contribution in [2.24, 2.45) is 0 Å². The molecule has 0 radical (unpaired) electrons. The molecule has 2 N–H and O–H groups in total. The molecule has 1 aromatic heterocycles. The molecule has 138 valence electrons. The fourth-order valence-electron chi connectivity index (χ4n) is 2.56. The van der Waals surface area contributed by atoms with Gasteiger partial charge in [0.25, 0.3) is 5.91 Å². The number of anilines is 2. The molecule has 0 saturated carbocycles. The fraction of sp³-hybridized carbons (Fsp3) is 0.143. The highest BCUT2D eigenvalue weighted by molar-refractivity contribution is 6.30. The highest BCUT2D eigenvalue weighted by atomic mass is 35.5. The van der Waals surface area contributed by atoms with Gasteiger partial charge < -0.3 is 15.4 Å². The van der Waals surface area contributed by atoms with Crippen LogP contribution in [0.4, 0.5) is 11.5 Å². The zero-order chi connectivity index (χ0) is 19.1. The van der Waals surface area contributed by atoms with E-state index in [4.69, 9.17) is 16.3 Å². The van der Waals surface area contributed by atoms with Crippen LogP contribution in [0.2, 0.25) is 5.02 Å². The van der Waals surface area contributed by atoms with Gasteiger partial charge in [-0.1, -0.05) is 29.8 Å². The number of nitrogens with zero attached hydrogens (tertiary/aromatic N) is 1. The number of benzene rings is 2. The molecule has 1 heterocycles. The SMILES string of the molecule is COc1cccc(NC(=O)c2ccnc(NCCc3ccc(Cl)cc3)c2)c1. The van der Waals surface area contributed by atoms with Gasteiger partial charge in [-0.2, -0.15) is 0 Å². The van der Waals surface area contributed by atoms with E-state index in [-0.39, 0.29) is 5.91 Å². The van der Waals surface area contributed by atoms with Gasteiger partial charge in [0.1, 0.15) is 11.6 Å². The summed E-state index contributed by atoms with van der Waals surface area (Å²) in [6.07, 6.45) is 2.45. The van der Waals surface area contributed by atoms with E-state index < -0.39 is 0 Å². The largest absolute Gasteiger partial charge is 0.497 e. The molecule has 27 heavy (non-hydrogen) atoms. The summed E-state index contributed by atoms with van der Waals surface area (Å²) in [6, 6.07) is 18.4. The standard InChI is InChI=1S/C21H20ClN3O2/c1-27-19-4-2-3-18(14-19)25-21(26)16-10-12-24-20(13-16)23-11-9-15-5-7-17(22)8-6-15/h2-8,10,12-14H,9,11H2,1H3,(H,23,24)(H,25,26). The first-order chi connectivity index (χ1) is 13.1. The molecule has 0 aliphatic rings. The summed E-state index contributed by atoms with van der Waals surface area (Å²) in [4.78, 5) is 16.7. The summed E-state index contributed by atoms with van der Waals surface area (Å²) in [5.74, 6) is 1.14. The van der Waals surface area contributed by atoms with Crippen LogP contribution in [0.1, 0.15) is 15.9 Å². The average molecular weight is 382 g/mol. The Morgan fingerprint density at radius 1 is 1.11 bits per heavy atom. The number of rotatable bonds is 7. The van der Waals surface area contributed by atoms with Crippen LogP contribution in [0.25, 0.3) is 0 Å². The molecule has 0 saturated heterocycles. The Bertz CT molecular complexity index is 913. The Morgan fingerprint density at radius 3 is 2.70 bits per heavy atom. The van der Waals surface area contributed by atoms with Gasteiger partial charge in [-0.3, -0.25) is 4.79 Å². The molecule has 1 amide bonds. The molecule has 0 fully saturated rings. The van der Waals surface area contributed by atoms with Crippen molar-refractivity contribution in [3.8, 4) is 5.75 Å². The van der Waals surface area contributed by atoms with Gasteiger partial charge in [0.15, 0.2) is 0 Å². The zero-order valence-electron chi connectivity index (χ0n) is 14.9. The van der Waals surface area contributed by atoms with Crippen LogP contribution in [-0.2, 0) is 6.42 Å². The van der Waals surface area contributed by atoms with E-state index in [1.165, 1.54) is 5.56 Å². The van der Waals surface area contributed by atoms with E-state index in [1.807, 2.05) is 42.5 Å². The van der Waals surface area contributed by atoms with Crippen molar-refractivity contribution in [3.05, 3.63) is 83.0 Å². The minimum Gasteiger partial charge on any atom is -0.497 e. The maximum absolute atomic E-state index is 12.5. The van der Waals surface area contributed by atoms with Crippen molar-refractivity contribution in [1.82, 2.24) is 4.98 Å². The lowest BCUT2D eigenvalue weighted by Crippen LogP contribution is -2.13. The van der Waals surface area contributed by atoms with E-state index in [9.17, 15) is 4.79 Å². The minimum absolute atomic E-state index is 0.202. The van der Waals surface area contributed by atoms with E-state index in [0.29, 0.717) is 29.4 Å². The molecule has 0 aliphatic heterocycles. The highest BCUT2D eigenvalue weighted by Gasteiger charge is 2.08. The van der Waals surface area contributed by atoms with Gasteiger partial charge in [-0.15, -0.1) is 0 Å². The van der Waals surface area contributed by atoms with Crippen molar-refractivity contribution >= 4 is 29.0 Å². The van der Waals surface area contributed by atoms with Gasteiger partial charge in [0.2, 0.25) is 0 Å². The molecule has 0 atom stereocenters. The van der Waals surface area contributed by atoms with Crippen molar-refractivity contribution < 1.29 is 9.53 Å². The summed E-state index contributed by atoms with van der Waals surface area (Å²) in [5, 5.41) is 6.83. The van der Waals surface area contributed by atoms with E-state index in [2.05, 4.69) is 15.6 Å². The lowest BCUT2D eigenvalue weighted by molar-refractivity contribution is 0.102. The predicted molar refractivity (Wildman–Crippen MR) is 109 cm³/mol. The number of nitrogens with one attached hydrogen (secondary N) is 2. The smallest absolute Gasteiger partial charge is 0.255 e. The predicted octanol–water partition coefficient (Wildman–Crippen LogP) is 4.65. The maximum Gasteiger partial charge on any atom is 0.255 e. The Hall–Kier alpha value is -3.05. The second kappa shape index (κ2) is 9.05. The topological polar surface area (TPSA) is 63.2 Å². The number of pyridine rings is 1. The fourth-order valence-corrected chi connectivity index (χ4v) is 2.68. The van der Waals surface area contributed by atoms with Crippen LogP contribution in [0.15, 0.2) is 66.9 Å². The maximum atomic E-state index is 12.5. The lowest BCUT2D eigenvalue weighted by Gasteiger charge is -2.09.